The van der Waals surface area contributed by atoms with E-state index in [0.29, 0.717) is 11.7 Å². The van der Waals surface area contributed by atoms with Crippen LogP contribution in [0.1, 0.15) is 34.4 Å². The first kappa shape index (κ1) is 13.3. The number of aliphatic hydroxyl groups excluding tert-OH is 1. The molecular weight excluding hydrogens is 274 g/mol. The van der Waals surface area contributed by atoms with Crippen molar-refractivity contribution in [3.05, 3.63) is 40.6 Å². The van der Waals surface area contributed by atoms with E-state index in [-0.39, 0.29) is 18.1 Å². The molecule has 2 heterocycles. The molecule has 106 valence electrons. The zero-order chi connectivity index (χ0) is 14.1. The summed E-state index contributed by atoms with van der Waals surface area (Å²) in [6.07, 6.45) is 4.62. The number of rotatable bonds is 4. The lowest BCUT2D eigenvalue weighted by Gasteiger charge is -2.37. The number of carbonyl (C=O) groups is 1. The Kier molecular flexibility index (Phi) is 3.58. The van der Waals surface area contributed by atoms with Gasteiger partial charge in [-0.15, -0.1) is 11.3 Å². The van der Waals surface area contributed by atoms with Gasteiger partial charge >= 0.3 is 0 Å². The molecule has 3 rings (SSSR count). The molecule has 2 aromatic rings. The van der Waals surface area contributed by atoms with Crippen LogP contribution >= 0.6 is 11.3 Å². The van der Waals surface area contributed by atoms with Gasteiger partial charge in [0.05, 0.1) is 12.1 Å². The molecule has 0 aromatic carbocycles. The third-order valence-corrected chi connectivity index (χ3v) is 4.74. The van der Waals surface area contributed by atoms with Gasteiger partial charge in [-0.3, -0.25) is 4.79 Å². The molecule has 1 aliphatic carbocycles. The molecule has 1 fully saturated rings. The number of hydrogen-bond donors (Lipinski definition) is 2. The van der Waals surface area contributed by atoms with E-state index in [9.17, 15) is 9.90 Å². The van der Waals surface area contributed by atoms with Crippen molar-refractivity contribution in [2.24, 2.45) is 13.0 Å². The molecule has 1 saturated carbocycles. The van der Waals surface area contributed by atoms with Crippen LogP contribution in [0.3, 0.4) is 0 Å². The summed E-state index contributed by atoms with van der Waals surface area (Å²) in [4.78, 5) is 17.5. The summed E-state index contributed by atoms with van der Waals surface area (Å²) in [6.45, 7) is 0. The number of carbonyl (C=O) groups excluding carboxylic acids is 1. The standard InChI is InChI=1S/C14H17N3O2S/c1-17-5-4-15-13(17)14(19)16-12(9-7-10(18)8-9)11-3-2-6-20-11/h2-6,9-10,12,18H,7-8H2,1H3,(H,16,19)/t9?,10?,12-/m0/s1. The monoisotopic (exact) mass is 291 g/mol. The molecule has 0 spiro atoms. The fourth-order valence-corrected chi connectivity index (χ4v) is 3.45. The Morgan fingerprint density at radius 3 is 2.95 bits per heavy atom. The van der Waals surface area contributed by atoms with Gasteiger partial charge in [0.25, 0.3) is 5.91 Å². The number of aryl methyl sites for hydroxylation is 1. The topological polar surface area (TPSA) is 67.2 Å². The summed E-state index contributed by atoms with van der Waals surface area (Å²) in [5, 5.41) is 14.6. The van der Waals surface area contributed by atoms with Crippen LogP contribution < -0.4 is 5.32 Å². The number of aromatic nitrogens is 2. The maximum absolute atomic E-state index is 12.3. The Morgan fingerprint density at radius 2 is 2.40 bits per heavy atom. The number of nitrogens with one attached hydrogen (secondary N) is 1. The van der Waals surface area contributed by atoms with Crippen molar-refractivity contribution in [3.8, 4) is 0 Å². The largest absolute Gasteiger partial charge is 0.393 e. The van der Waals surface area contributed by atoms with Crippen LogP contribution in [0.4, 0.5) is 0 Å². The summed E-state index contributed by atoms with van der Waals surface area (Å²) in [5.41, 5.74) is 0. The molecule has 5 nitrogen and oxygen atoms in total. The minimum atomic E-state index is -0.229. The molecule has 20 heavy (non-hydrogen) atoms. The van der Waals surface area contributed by atoms with Gasteiger partial charge in [0, 0.05) is 24.3 Å². The van der Waals surface area contributed by atoms with Gasteiger partial charge in [-0.2, -0.15) is 0 Å². The molecule has 0 saturated heterocycles. The third-order valence-electron chi connectivity index (χ3n) is 3.78. The Morgan fingerprint density at radius 1 is 1.60 bits per heavy atom. The number of hydrogen-bond acceptors (Lipinski definition) is 4. The number of thiophene rings is 1. The van der Waals surface area contributed by atoms with E-state index in [0.717, 1.165) is 17.7 Å². The highest BCUT2D eigenvalue weighted by molar-refractivity contribution is 7.10. The summed E-state index contributed by atoms with van der Waals surface area (Å²) in [7, 11) is 1.80. The first-order valence-corrected chi connectivity index (χ1v) is 7.52. The smallest absolute Gasteiger partial charge is 0.287 e. The second-order valence-corrected chi connectivity index (χ2v) is 6.19. The van der Waals surface area contributed by atoms with E-state index in [1.165, 1.54) is 0 Å². The highest BCUT2D eigenvalue weighted by Gasteiger charge is 2.36. The number of nitrogens with zero attached hydrogens (tertiary/aromatic N) is 2. The van der Waals surface area contributed by atoms with Crippen molar-refractivity contribution in [2.75, 3.05) is 0 Å². The van der Waals surface area contributed by atoms with Crippen molar-refractivity contribution in [1.82, 2.24) is 14.9 Å². The maximum Gasteiger partial charge on any atom is 0.287 e. The highest BCUT2D eigenvalue weighted by Crippen LogP contribution is 2.39. The Balaban J connectivity index is 1.77. The predicted molar refractivity (Wildman–Crippen MR) is 76.5 cm³/mol. The maximum atomic E-state index is 12.3. The predicted octanol–water partition coefficient (Wildman–Crippen LogP) is 1.72. The van der Waals surface area contributed by atoms with Gasteiger partial charge in [0.15, 0.2) is 5.82 Å². The molecule has 0 aliphatic heterocycles. The van der Waals surface area contributed by atoms with Crippen LogP contribution in [-0.4, -0.2) is 26.7 Å². The molecular formula is C14H17N3O2S. The van der Waals surface area contributed by atoms with Gasteiger partial charge in [-0.1, -0.05) is 6.07 Å². The Bertz CT molecular complexity index is 587. The van der Waals surface area contributed by atoms with Crippen LogP contribution in [0, 0.1) is 5.92 Å². The molecule has 1 aliphatic rings. The average molecular weight is 291 g/mol. The molecule has 1 amide bonds. The van der Waals surface area contributed by atoms with Gasteiger partial charge in [-0.05, 0) is 30.2 Å². The molecule has 6 heteroatoms. The first-order valence-electron chi connectivity index (χ1n) is 6.65. The van der Waals surface area contributed by atoms with E-state index < -0.39 is 0 Å². The first-order chi connectivity index (χ1) is 9.65. The minimum absolute atomic E-state index is 0.0393. The number of aliphatic hydroxyl groups is 1. The molecule has 0 unspecified atom stereocenters. The van der Waals surface area contributed by atoms with Crippen molar-refractivity contribution in [2.45, 2.75) is 25.0 Å². The molecule has 0 bridgehead atoms. The summed E-state index contributed by atoms with van der Waals surface area (Å²) in [6, 6.07) is 3.97. The normalized spacial score (nSPS) is 23.1. The Labute approximate surface area is 121 Å². The summed E-state index contributed by atoms with van der Waals surface area (Å²) >= 11 is 1.63. The number of imidazole rings is 1. The SMILES string of the molecule is Cn1ccnc1C(=O)N[C@H](c1cccs1)C1CC(O)C1. The van der Waals surface area contributed by atoms with Crippen LogP contribution in [-0.2, 0) is 7.05 Å². The second-order valence-electron chi connectivity index (χ2n) is 5.21. The quantitative estimate of drug-likeness (QED) is 0.901. The summed E-state index contributed by atoms with van der Waals surface area (Å²) < 4.78 is 1.70. The molecule has 0 radical (unpaired) electrons. The second kappa shape index (κ2) is 5.38. The Hall–Kier alpha value is -1.66. The average Bonchev–Trinajstić information content (AvgIpc) is 3.03. The number of amides is 1. The van der Waals surface area contributed by atoms with Crippen LogP contribution in [0.15, 0.2) is 29.9 Å². The highest BCUT2D eigenvalue weighted by atomic mass is 32.1. The van der Waals surface area contributed by atoms with E-state index in [4.69, 9.17) is 0 Å². The lowest BCUT2D eigenvalue weighted by molar-refractivity contribution is 0.0239. The van der Waals surface area contributed by atoms with Gasteiger partial charge in [0.2, 0.25) is 0 Å². The fraction of sp³-hybridized carbons (Fsp3) is 0.429. The van der Waals surface area contributed by atoms with Crippen molar-refractivity contribution in [3.63, 3.8) is 0 Å². The van der Waals surface area contributed by atoms with Gasteiger partial charge in [0.1, 0.15) is 0 Å². The minimum Gasteiger partial charge on any atom is -0.393 e. The van der Waals surface area contributed by atoms with Crippen molar-refractivity contribution >= 4 is 17.2 Å². The van der Waals surface area contributed by atoms with Crippen molar-refractivity contribution < 1.29 is 9.90 Å². The van der Waals surface area contributed by atoms with E-state index in [1.807, 2.05) is 17.5 Å². The van der Waals surface area contributed by atoms with Crippen molar-refractivity contribution in [1.29, 1.82) is 0 Å². The molecule has 1 atom stereocenters. The van der Waals surface area contributed by atoms with Gasteiger partial charge < -0.3 is 15.0 Å². The van der Waals surface area contributed by atoms with E-state index in [1.54, 1.807) is 35.3 Å². The van der Waals surface area contributed by atoms with E-state index >= 15 is 0 Å². The third kappa shape index (κ3) is 2.48. The lowest BCUT2D eigenvalue weighted by Crippen LogP contribution is -2.41. The van der Waals surface area contributed by atoms with Crippen LogP contribution in [0.5, 0.6) is 0 Å². The van der Waals surface area contributed by atoms with E-state index in [2.05, 4.69) is 10.3 Å². The zero-order valence-electron chi connectivity index (χ0n) is 11.2. The zero-order valence-corrected chi connectivity index (χ0v) is 12.0. The molecule has 2 N–H and O–H groups in total. The fourth-order valence-electron chi connectivity index (χ4n) is 2.58. The van der Waals surface area contributed by atoms with Crippen LogP contribution in [0.25, 0.3) is 0 Å². The molecule has 2 aromatic heterocycles. The van der Waals surface area contributed by atoms with Crippen LogP contribution in [0.2, 0.25) is 0 Å². The lowest BCUT2D eigenvalue weighted by atomic mass is 9.77. The van der Waals surface area contributed by atoms with Gasteiger partial charge in [-0.25, -0.2) is 4.98 Å². The summed E-state index contributed by atoms with van der Waals surface area (Å²) in [5.74, 6) is 0.539.